The highest BCUT2D eigenvalue weighted by molar-refractivity contribution is 9.10. The topological polar surface area (TPSA) is 20.2 Å². The Morgan fingerprint density at radius 3 is 1.94 bits per heavy atom. The van der Waals surface area contributed by atoms with Crippen molar-refractivity contribution in [2.45, 2.75) is 13.8 Å². The zero-order valence-corrected chi connectivity index (χ0v) is 10.9. The molecule has 0 fully saturated rings. The van der Waals surface area contributed by atoms with Crippen LogP contribution in [0.5, 0.6) is 5.75 Å². The molecule has 0 aliphatic carbocycles. The van der Waals surface area contributed by atoms with Crippen LogP contribution in [0.25, 0.3) is 11.1 Å². The molecule has 0 bridgehead atoms. The van der Waals surface area contributed by atoms with Crippen LogP contribution >= 0.6 is 15.9 Å². The molecule has 0 aliphatic heterocycles. The zero-order chi connectivity index (χ0) is 11.7. The smallest absolute Gasteiger partial charge is 0.117 e. The lowest BCUT2D eigenvalue weighted by atomic mass is 10.0. The maximum Gasteiger partial charge on any atom is 0.117 e. The molecule has 2 aromatic rings. The summed E-state index contributed by atoms with van der Waals surface area (Å²) in [5.74, 6) is 0.281. The van der Waals surface area contributed by atoms with E-state index >= 15 is 0 Å². The Labute approximate surface area is 104 Å². The highest BCUT2D eigenvalue weighted by atomic mass is 79.9. The highest BCUT2D eigenvalue weighted by Crippen LogP contribution is 2.29. The van der Waals surface area contributed by atoms with Gasteiger partial charge in [-0.1, -0.05) is 45.3 Å². The first kappa shape index (κ1) is 11.2. The van der Waals surface area contributed by atoms with Crippen molar-refractivity contribution in [1.29, 1.82) is 0 Å². The van der Waals surface area contributed by atoms with Crippen molar-refractivity contribution in [2.24, 2.45) is 0 Å². The molecule has 0 saturated carbocycles. The van der Waals surface area contributed by atoms with Gasteiger partial charge in [0.1, 0.15) is 5.75 Å². The van der Waals surface area contributed by atoms with Crippen molar-refractivity contribution in [3.05, 3.63) is 52.0 Å². The molecule has 2 heteroatoms. The fourth-order valence-electron chi connectivity index (χ4n) is 1.88. The van der Waals surface area contributed by atoms with Gasteiger partial charge in [-0.15, -0.1) is 0 Å². The summed E-state index contributed by atoms with van der Waals surface area (Å²) in [6.07, 6.45) is 0. The van der Waals surface area contributed by atoms with Crippen LogP contribution in [-0.4, -0.2) is 5.11 Å². The first-order chi connectivity index (χ1) is 7.54. The Bertz CT molecular complexity index is 442. The van der Waals surface area contributed by atoms with Gasteiger partial charge in [0.15, 0.2) is 0 Å². The molecule has 1 nitrogen and oxygen atoms in total. The summed E-state index contributed by atoms with van der Waals surface area (Å²) in [4.78, 5) is 0. The van der Waals surface area contributed by atoms with Crippen LogP contribution < -0.4 is 0 Å². The second-order valence-corrected chi connectivity index (χ2v) is 4.99. The Kier molecular flexibility index (Phi) is 3.01. The van der Waals surface area contributed by atoms with E-state index in [2.05, 4.69) is 48.0 Å². The summed E-state index contributed by atoms with van der Waals surface area (Å²) in [6.45, 7) is 4.16. The number of halogens is 1. The van der Waals surface area contributed by atoms with Gasteiger partial charge in [0.25, 0.3) is 0 Å². The standard InChI is InChI=1S/C14H13BrO/c1-9-3-10(2)5-11(4-9)12-6-13(15)8-14(16)7-12/h3-8,16H,1-2H3. The van der Waals surface area contributed by atoms with Gasteiger partial charge in [-0.3, -0.25) is 0 Å². The minimum Gasteiger partial charge on any atom is -0.508 e. The van der Waals surface area contributed by atoms with E-state index in [9.17, 15) is 5.11 Å². The minimum absolute atomic E-state index is 0.281. The first-order valence-corrected chi connectivity index (χ1v) is 5.92. The predicted molar refractivity (Wildman–Crippen MR) is 70.7 cm³/mol. The van der Waals surface area contributed by atoms with E-state index in [1.54, 1.807) is 12.1 Å². The number of aromatic hydroxyl groups is 1. The van der Waals surface area contributed by atoms with E-state index in [4.69, 9.17) is 0 Å². The van der Waals surface area contributed by atoms with Gasteiger partial charge >= 0.3 is 0 Å². The van der Waals surface area contributed by atoms with Crippen LogP contribution in [0.2, 0.25) is 0 Å². The summed E-state index contributed by atoms with van der Waals surface area (Å²) >= 11 is 3.39. The van der Waals surface area contributed by atoms with E-state index in [1.807, 2.05) is 6.07 Å². The number of phenolic OH excluding ortho intramolecular Hbond substituents is 1. The third kappa shape index (κ3) is 2.45. The van der Waals surface area contributed by atoms with Crippen LogP contribution in [0.4, 0.5) is 0 Å². The SMILES string of the molecule is Cc1cc(C)cc(-c2cc(O)cc(Br)c2)c1. The zero-order valence-electron chi connectivity index (χ0n) is 9.29. The molecule has 0 spiro atoms. The van der Waals surface area contributed by atoms with Crippen LogP contribution in [-0.2, 0) is 0 Å². The van der Waals surface area contributed by atoms with Crippen LogP contribution in [0.1, 0.15) is 11.1 Å². The lowest BCUT2D eigenvalue weighted by Crippen LogP contribution is -1.83. The number of benzene rings is 2. The van der Waals surface area contributed by atoms with E-state index in [0.29, 0.717) is 0 Å². The Balaban J connectivity index is 2.57. The average Bonchev–Trinajstić information content (AvgIpc) is 2.14. The van der Waals surface area contributed by atoms with Gasteiger partial charge in [-0.05, 0) is 43.2 Å². The van der Waals surface area contributed by atoms with Gasteiger partial charge in [-0.25, -0.2) is 0 Å². The third-order valence-electron chi connectivity index (χ3n) is 2.44. The van der Waals surface area contributed by atoms with Gasteiger partial charge in [0.2, 0.25) is 0 Å². The molecule has 0 aliphatic rings. The van der Waals surface area contributed by atoms with E-state index in [1.165, 1.54) is 11.1 Å². The molecule has 0 atom stereocenters. The molecule has 2 rings (SSSR count). The molecule has 2 aromatic carbocycles. The van der Waals surface area contributed by atoms with Crippen molar-refractivity contribution in [1.82, 2.24) is 0 Å². The molecule has 82 valence electrons. The molecular weight excluding hydrogens is 264 g/mol. The van der Waals surface area contributed by atoms with Crippen LogP contribution in [0, 0.1) is 13.8 Å². The summed E-state index contributed by atoms with van der Waals surface area (Å²) in [6, 6.07) is 11.9. The molecule has 1 N–H and O–H groups in total. The third-order valence-corrected chi connectivity index (χ3v) is 2.90. The molecule has 0 heterocycles. The molecule has 0 saturated heterocycles. The average molecular weight is 277 g/mol. The molecule has 0 amide bonds. The lowest BCUT2D eigenvalue weighted by Gasteiger charge is -2.06. The number of aryl methyl sites for hydroxylation is 2. The molecular formula is C14H13BrO. The number of rotatable bonds is 1. The largest absolute Gasteiger partial charge is 0.508 e. The Hall–Kier alpha value is -1.28. The van der Waals surface area contributed by atoms with Gasteiger partial charge in [0.05, 0.1) is 0 Å². The van der Waals surface area contributed by atoms with Crippen LogP contribution in [0.3, 0.4) is 0 Å². The monoisotopic (exact) mass is 276 g/mol. The number of hydrogen-bond acceptors (Lipinski definition) is 1. The normalized spacial score (nSPS) is 10.4. The maximum absolute atomic E-state index is 9.56. The molecule has 0 unspecified atom stereocenters. The summed E-state index contributed by atoms with van der Waals surface area (Å²) in [5.41, 5.74) is 4.62. The minimum atomic E-state index is 0.281. The maximum atomic E-state index is 9.56. The number of phenols is 1. The summed E-state index contributed by atoms with van der Waals surface area (Å²) < 4.78 is 0.890. The van der Waals surface area contributed by atoms with Gasteiger partial charge in [0, 0.05) is 4.47 Å². The second-order valence-electron chi connectivity index (χ2n) is 4.07. The molecule has 16 heavy (non-hydrogen) atoms. The van der Waals surface area contributed by atoms with E-state index < -0.39 is 0 Å². The fraction of sp³-hybridized carbons (Fsp3) is 0.143. The fourth-order valence-corrected chi connectivity index (χ4v) is 2.36. The Morgan fingerprint density at radius 2 is 1.38 bits per heavy atom. The van der Waals surface area contributed by atoms with Crippen molar-refractivity contribution >= 4 is 15.9 Å². The van der Waals surface area contributed by atoms with Crippen molar-refractivity contribution in [2.75, 3.05) is 0 Å². The highest BCUT2D eigenvalue weighted by Gasteiger charge is 2.02. The summed E-state index contributed by atoms with van der Waals surface area (Å²) in [7, 11) is 0. The molecule has 0 radical (unpaired) electrons. The van der Waals surface area contributed by atoms with E-state index in [0.717, 1.165) is 15.6 Å². The van der Waals surface area contributed by atoms with Gasteiger partial charge in [-0.2, -0.15) is 0 Å². The van der Waals surface area contributed by atoms with Crippen LogP contribution in [0.15, 0.2) is 40.9 Å². The predicted octanol–water partition coefficient (Wildman–Crippen LogP) is 4.44. The molecule has 0 aromatic heterocycles. The lowest BCUT2D eigenvalue weighted by molar-refractivity contribution is 0.475. The van der Waals surface area contributed by atoms with Crippen molar-refractivity contribution < 1.29 is 5.11 Å². The first-order valence-electron chi connectivity index (χ1n) is 5.13. The van der Waals surface area contributed by atoms with Gasteiger partial charge < -0.3 is 5.11 Å². The quantitative estimate of drug-likeness (QED) is 0.817. The van der Waals surface area contributed by atoms with Crippen molar-refractivity contribution in [3.63, 3.8) is 0 Å². The Morgan fingerprint density at radius 1 is 0.812 bits per heavy atom. The van der Waals surface area contributed by atoms with Crippen molar-refractivity contribution in [3.8, 4) is 16.9 Å². The van der Waals surface area contributed by atoms with E-state index in [-0.39, 0.29) is 5.75 Å². The second kappa shape index (κ2) is 4.30. The summed E-state index contributed by atoms with van der Waals surface area (Å²) in [5, 5.41) is 9.56. The number of hydrogen-bond donors (Lipinski definition) is 1.